The molecule has 0 saturated carbocycles. The van der Waals surface area contributed by atoms with Crippen LogP contribution >= 0.6 is 11.8 Å². The molecule has 2 rings (SSSR count). The Morgan fingerprint density at radius 1 is 1.65 bits per heavy atom. The molecule has 1 N–H and O–H groups in total. The van der Waals surface area contributed by atoms with E-state index in [-0.39, 0.29) is 0 Å². The van der Waals surface area contributed by atoms with Crippen LogP contribution in [0, 0.1) is 0 Å². The zero-order valence-corrected chi connectivity index (χ0v) is 11.3. The van der Waals surface area contributed by atoms with E-state index in [9.17, 15) is 0 Å². The van der Waals surface area contributed by atoms with Crippen LogP contribution in [-0.4, -0.2) is 23.0 Å². The summed E-state index contributed by atoms with van der Waals surface area (Å²) < 4.78 is 5.33. The van der Waals surface area contributed by atoms with Crippen molar-refractivity contribution in [1.29, 1.82) is 0 Å². The van der Waals surface area contributed by atoms with E-state index in [0.717, 1.165) is 23.8 Å². The third-order valence-corrected chi connectivity index (χ3v) is 3.82. The Labute approximate surface area is 107 Å². The number of hydrogen-bond donors (Lipinski definition) is 1. The zero-order valence-electron chi connectivity index (χ0n) is 10.5. The average Bonchev–Trinajstić information content (AvgIpc) is 2.79. The topological polar surface area (TPSA) is 37.5 Å². The Morgan fingerprint density at radius 3 is 3.24 bits per heavy atom. The van der Waals surface area contributed by atoms with Crippen molar-refractivity contribution >= 4 is 16.9 Å². The molecule has 0 aromatic carbocycles. The number of furan rings is 1. The lowest BCUT2D eigenvalue weighted by Gasteiger charge is -2.21. The monoisotopic (exact) mass is 252 g/mol. The van der Waals surface area contributed by atoms with Gasteiger partial charge in [-0.3, -0.25) is 4.99 Å². The van der Waals surface area contributed by atoms with Gasteiger partial charge in [-0.2, -0.15) is 0 Å². The molecule has 0 spiro atoms. The van der Waals surface area contributed by atoms with Crippen LogP contribution in [0.25, 0.3) is 0 Å². The lowest BCUT2D eigenvalue weighted by molar-refractivity contribution is 0.483. The van der Waals surface area contributed by atoms with Crippen LogP contribution in [0.1, 0.15) is 32.4 Å². The van der Waals surface area contributed by atoms with E-state index in [1.807, 2.05) is 23.9 Å². The van der Waals surface area contributed by atoms with E-state index in [1.54, 1.807) is 6.26 Å². The highest BCUT2D eigenvalue weighted by Gasteiger charge is 2.13. The van der Waals surface area contributed by atoms with Crippen molar-refractivity contribution in [2.24, 2.45) is 4.99 Å². The van der Waals surface area contributed by atoms with Crippen molar-refractivity contribution in [3.63, 3.8) is 0 Å². The van der Waals surface area contributed by atoms with Gasteiger partial charge in [0.1, 0.15) is 5.76 Å². The quantitative estimate of drug-likeness (QED) is 0.895. The van der Waals surface area contributed by atoms with Gasteiger partial charge in [-0.1, -0.05) is 11.8 Å². The molecule has 0 radical (unpaired) electrons. The largest absolute Gasteiger partial charge is 0.469 e. The van der Waals surface area contributed by atoms with Crippen LogP contribution in [0.2, 0.25) is 0 Å². The maximum Gasteiger partial charge on any atom is 0.157 e. The fourth-order valence-electron chi connectivity index (χ4n) is 1.80. The Morgan fingerprint density at radius 2 is 2.53 bits per heavy atom. The Kier molecular flexibility index (Phi) is 4.54. The first-order chi connectivity index (χ1) is 8.24. The summed E-state index contributed by atoms with van der Waals surface area (Å²) in [6.45, 7) is 4.38. The van der Waals surface area contributed by atoms with E-state index < -0.39 is 0 Å². The van der Waals surface area contributed by atoms with Crippen molar-refractivity contribution in [3.05, 3.63) is 24.2 Å². The smallest absolute Gasteiger partial charge is 0.157 e. The van der Waals surface area contributed by atoms with E-state index in [1.165, 1.54) is 12.2 Å². The SMILES string of the molecule is CC1CCSC(NC(C)CCc2ccco2)=N1. The minimum absolute atomic E-state index is 0.441. The maximum absolute atomic E-state index is 5.33. The van der Waals surface area contributed by atoms with Gasteiger partial charge in [0.25, 0.3) is 0 Å². The molecule has 0 fully saturated rings. The van der Waals surface area contributed by atoms with Crippen molar-refractivity contribution in [1.82, 2.24) is 5.32 Å². The summed E-state index contributed by atoms with van der Waals surface area (Å²) in [4.78, 5) is 4.61. The standard InChI is InChI=1S/C13H20N2OS/c1-10(5-6-12-4-3-8-16-12)14-13-15-11(2)7-9-17-13/h3-4,8,10-11H,5-7,9H2,1-2H3,(H,14,15). The summed E-state index contributed by atoms with van der Waals surface area (Å²) in [5.74, 6) is 2.24. The Hall–Kier alpha value is -0.900. The number of hydrogen-bond acceptors (Lipinski definition) is 4. The van der Waals surface area contributed by atoms with Gasteiger partial charge in [-0.25, -0.2) is 0 Å². The van der Waals surface area contributed by atoms with Gasteiger partial charge in [0.05, 0.1) is 12.3 Å². The highest BCUT2D eigenvalue weighted by Crippen LogP contribution is 2.16. The first-order valence-electron chi connectivity index (χ1n) is 6.23. The van der Waals surface area contributed by atoms with Crippen LogP contribution in [-0.2, 0) is 6.42 Å². The molecular formula is C13H20N2OS. The molecule has 1 aromatic heterocycles. The molecule has 0 aliphatic carbocycles. The number of thioether (sulfide) groups is 1. The van der Waals surface area contributed by atoms with Crippen molar-refractivity contribution < 1.29 is 4.42 Å². The minimum atomic E-state index is 0.441. The van der Waals surface area contributed by atoms with Crippen LogP contribution in [0.5, 0.6) is 0 Å². The molecular weight excluding hydrogens is 232 g/mol. The highest BCUT2D eigenvalue weighted by molar-refractivity contribution is 8.13. The lowest BCUT2D eigenvalue weighted by atomic mass is 10.1. The molecule has 17 heavy (non-hydrogen) atoms. The summed E-state index contributed by atoms with van der Waals surface area (Å²) in [7, 11) is 0. The molecule has 1 aliphatic heterocycles. The molecule has 3 nitrogen and oxygen atoms in total. The number of rotatable bonds is 4. The number of aliphatic imine (C=N–C) groups is 1. The second-order valence-electron chi connectivity index (χ2n) is 4.58. The molecule has 0 bridgehead atoms. The van der Waals surface area contributed by atoms with Crippen LogP contribution in [0.4, 0.5) is 0 Å². The first-order valence-corrected chi connectivity index (χ1v) is 7.22. The second kappa shape index (κ2) is 6.15. The van der Waals surface area contributed by atoms with Gasteiger partial charge in [0.2, 0.25) is 0 Å². The van der Waals surface area contributed by atoms with E-state index in [0.29, 0.717) is 12.1 Å². The molecule has 2 heterocycles. The third kappa shape index (κ3) is 4.11. The van der Waals surface area contributed by atoms with Crippen molar-refractivity contribution in [2.75, 3.05) is 5.75 Å². The van der Waals surface area contributed by atoms with Crippen LogP contribution < -0.4 is 5.32 Å². The van der Waals surface area contributed by atoms with Gasteiger partial charge in [-0.05, 0) is 38.8 Å². The Bertz CT molecular complexity index is 362. The number of amidine groups is 1. The Balaban J connectivity index is 1.75. The summed E-state index contributed by atoms with van der Waals surface area (Å²) in [5, 5.41) is 4.59. The number of nitrogens with zero attached hydrogens (tertiary/aromatic N) is 1. The molecule has 2 atom stereocenters. The van der Waals surface area contributed by atoms with Gasteiger partial charge in [0, 0.05) is 18.2 Å². The van der Waals surface area contributed by atoms with E-state index in [2.05, 4.69) is 24.2 Å². The second-order valence-corrected chi connectivity index (χ2v) is 5.67. The third-order valence-electron chi connectivity index (χ3n) is 2.89. The molecule has 1 aliphatic rings. The molecule has 1 aromatic rings. The van der Waals surface area contributed by atoms with Crippen molar-refractivity contribution in [3.8, 4) is 0 Å². The van der Waals surface area contributed by atoms with Gasteiger partial charge >= 0.3 is 0 Å². The number of aryl methyl sites for hydroxylation is 1. The van der Waals surface area contributed by atoms with Crippen LogP contribution in [0.15, 0.2) is 27.8 Å². The van der Waals surface area contributed by atoms with Crippen molar-refractivity contribution in [2.45, 2.75) is 45.2 Å². The molecule has 94 valence electrons. The molecule has 0 saturated heterocycles. The highest BCUT2D eigenvalue weighted by atomic mass is 32.2. The van der Waals surface area contributed by atoms with E-state index >= 15 is 0 Å². The summed E-state index contributed by atoms with van der Waals surface area (Å²) in [6.07, 6.45) is 4.98. The summed E-state index contributed by atoms with van der Waals surface area (Å²) in [6, 6.07) is 4.88. The van der Waals surface area contributed by atoms with Gasteiger partial charge < -0.3 is 9.73 Å². The molecule has 2 unspecified atom stereocenters. The number of nitrogens with one attached hydrogen (secondary N) is 1. The van der Waals surface area contributed by atoms with E-state index in [4.69, 9.17) is 4.42 Å². The summed E-state index contributed by atoms with van der Waals surface area (Å²) in [5.41, 5.74) is 0. The van der Waals surface area contributed by atoms with Crippen LogP contribution in [0.3, 0.4) is 0 Å². The fraction of sp³-hybridized carbons (Fsp3) is 0.615. The molecule has 0 amide bonds. The normalized spacial score (nSPS) is 22.0. The maximum atomic E-state index is 5.33. The fourth-order valence-corrected chi connectivity index (χ4v) is 2.99. The lowest BCUT2D eigenvalue weighted by Crippen LogP contribution is -2.33. The predicted octanol–water partition coefficient (Wildman–Crippen LogP) is 3.07. The predicted molar refractivity (Wildman–Crippen MR) is 73.6 cm³/mol. The molecule has 4 heteroatoms. The summed E-state index contributed by atoms with van der Waals surface area (Å²) >= 11 is 1.83. The average molecular weight is 252 g/mol. The van der Waals surface area contributed by atoms with Gasteiger partial charge in [0.15, 0.2) is 5.17 Å². The van der Waals surface area contributed by atoms with Gasteiger partial charge in [-0.15, -0.1) is 0 Å². The zero-order chi connectivity index (χ0) is 12.1. The first kappa shape index (κ1) is 12.6. The minimum Gasteiger partial charge on any atom is -0.469 e.